The smallest absolute Gasteiger partial charge is 0.0304 e. The van der Waals surface area contributed by atoms with Gasteiger partial charge in [0.1, 0.15) is 0 Å². The minimum Gasteiger partial charge on any atom is -0.308 e. The van der Waals surface area contributed by atoms with Gasteiger partial charge in [0.25, 0.3) is 0 Å². The Morgan fingerprint density at radius 1 is 1.05 bits per heavy atom. The molecule has 0 aromatic heterocycles. The molecule has 0 radical (unpaired) electrons. The lowest BCUT2D eigenvalue weighted by molar-refractivity contribution is 0.0727. The summed E-state index contributed by atoms with van der Waals surface area (Å²) in [6.07, 6.45) is 9.84. The van der Waals surface area contributed by atoms with E-state index in [1.165, 1.54) is 64.6 Å². The molecule has 1 saturated carbocycles. The van der Waals surface area contributed by atoms with Crippen molar-refractivity contribution in [3.8, 4) is 0 Å². The molecule has 1 N–H and O–H groups in total. The Balaban J connectivity index is 1.81. The molecule has 2 fully saturated rings. The number of nitrogens with zero attached hydrogens (tertiary/aromatic N) is 1. The van der Waals surface area contributed by atoms with Crippen molar-refractivity contribution < 1.29 is 0 Å². The first kappa shape index (κ1) is 16.3. The molecule has 2 aliphatic rings. The van der Waals surface area contributed by atoms with Crippen LogP contribution in [-0.4, -0.2) is 36.1 Å². The first-order chi connectivity index (χ1) is 9.58. The Morgan fingerprint density at radius 3 is 2.30 bits per heavy atom. The molecular formula is C18H36N2. The summed E-state index contributed by atoms with van der Waals surface area (Å²) < 4.78 is 0. The van der Waals surface area contributed by atoms with E-state index in [0.717, 1.165) is 11.8 Å². The molecule has 1 saturated heterocycles. The molecule has 0 bridgehead atoms. The van der Waals surface area contributed by atoms with Crippen LogP contribution in [-0.2, 0) is 0 Å². The molecule has 0 spiro atoms. The number of piperazine rings is 1. The molecule has 0 amide bonds. The molecule has 1 unspecified atom stereocenters. The van der Waals surface area contributed by atoms with Crippen LogP contribution < -0.4 is 5.32 Å². The summed E-state index contributed by atoms with van der Waals surface area (Å²) in [5.74, 6) is 1.99. The number of nitrogens with one attached hydrogen (secondary N) is 1. The summed E-state index contributed by atoms with van der Waals surface area (Å²) in [5.41, 5.74) is 0.383. The normalized spacial score (nSPS) is 35.1. The second kappa shape index (κ2) is 7.26. The Kier molecular flexibility index (Phi) is 5.92. The highest BCUT2D eigenvalue weighted by Gasteiger charge is 2.35. The molecule has 118 valence electrons. The van der Waals surface area contributed by atoms with E-state index in [4.69, 9.17) is 0 Å². The third-order valence-corrected chi connectivity index (χ3v) is 6.22. The fourth-order valence-corrected chi connectivity index (χ4v) is 4.08. The number of hydrogen-bond acceptors (Lipinski definition) is 2. The van der Waals surface area contributed by atoms with Gasteiger partial charge in [-0.3, -0.25) is 4.90 Å². The first-order valence-electron chi connectivity index (χ1n) is 9.07. The highest BCUT2D eigenvalue weighted by atomic mass is 15.2. The van der Waals surface area contributed by atoms with Gasteiger partial charge in [-0.2, -0.15) is 0 Å². The van der Waals surface area contributed by atoms with Gasteiger partial charge in [-0.15, -0.1) is 0 Å². The van der Waals surface area contributed by atoms with Crippen LogP contribution in [0.15, 0.2) is 0 Å². The maximum absolute atomic E-state index is 3.81. The second-order valence-electron chi connectivity index (χ2n) is 7.60. The van der Waals surface area contributed by atoms with Crippen LogP contribution in [0.4, 0.5) is 0 Å². The SMILES string of the molecule is CCC1(CC)CN(CCC2CCC(C)CC2)C(C)CN1. The zero-order valence-corrected chi connectivity index (χ0v) is 14.3. The third-order valence-electron chi connectivity index (χ3n) is 6.22. The summed E-state index contributed by atoms with van der Waals surface area (Å²) in [4.78, 5) is 2.77. The van der Waals surface area contributed by atoms with Crippen LogP contribution in [0.25, 0.3) is 0 Å². The van der Waals surface area contributed by atoms with E-state index >= 15 is 0 Å². The van der Waals surface area contributed by atoms with Crippen LogP contribution in [0.5, 0.6) is 0 Å². The maximum atomic E-state index is 3.81. The molecule has 2 rings (SSSR count). The van der Waals surface area contributed by atoms with Crippen molar-refractivity contribution >= 4 is 0 Å². The van der Waals surface area contributed by atoms with Gasteiger partial charge in [-0.05, 0) is 44.6 Å². The van der Waals surface area contributed by atoms with E-state index in [9.17, 15) is 0 Å². The quantitative estimate of drug-likeness (QED) is 0.817. The Bertz CT molecular complexity index is 277. The van der Waals surface area contributed by atoms with Crippen molar-refractivity contribution in [2.24, 2.45) is 11.8 Å². The van der Waals surface area contributed by atoms with Crippen LogP contribution in [0, 0.1) is 11.8 Å². The summed E-state index contributed by atoms with van der Waals surface area (Å²) in [5, 5.41) is 3.81. The molecule has 0 aromatic rings. The topological polar surface area (TPSA) is 15.3 Å². The first-order valence-corrected chi connectivity index (χ1v) is 9.07. The summed E-state index contributed by atoms with van der Waals surface area (Å²) in [6.45, 7) is 13.2. The average Bonchev–Trinajstić information content (AvgIpc) is 2.48. The van der Waals surface area contributed by atoms with Gasteiger partial charge >= 0.3 is 0 Å². The lowest BCUT2D eigenvalue weighted by Gasteiger charge is -2.47. The monoisotopic (exact) mass is 280 g/mol. The highest BCUT2D eigenvalue weighted by molar-refractivity contribution is 4.95. The van der Waals surface area contributed by atoms with Crippen molar-refractivity contribution in [2.45, 2.75) is 84.2 Å². The fraction of sp³-hybridized carbons (Fsp3) is 1.00. The van der Waals surface area contributed by atoms with Gasteiger partial charge in [0.05, 0.1) is 0 Å². The van der Waals surface area contributed by atoms with Gasteiger partial charge in [-0.25, -0.2) is 0 Å². The van der Waals surface area contributed by atoms with Gasteiger partial charge in [0, 0.05) is 24.7 Å². The van der Waals surface area contributed by atoms with Crippen molar-refractivity contribution in [1.82, 2.24) is 10.2 Å². The predicted molar refractivity (Wildman–Crippen MR) is 88.1 cm³/mol. The van der Waals surface area contributed by atoms with Crippen molar-refractivity contribution in [2.75, 3.05) is 19.6 Å². The van der Waals surface area contributed by atoms with E-state index in [1.807, 2.05) is 0 Å². The second-order valence-corrected chi connectivity index (χ2v) is 7.60. The minimum atomic E-state index is 0.383. The lowest BCUT2D eigenvalue weighted by atomic mass is 9.81. The number of hydrogen-bond donors (Lipinski definition) is 1. The molecule has 2 nitrogen and oxygen atoms in total. The van der Waals surface area contributed by atoms with Gasteiger partial charge in [0.15, 0.2) is 0 Å². The fourth-order valence-electron chi connectivity index (χ4n) is 4.08. The zero-order chi connectivity index (χ0) is 14.6. The van der Waals surface area contributed by atoms with Crippen LogP contribution in [0.3, 0.4) is 0 Å². The molecule has 0 aromatic carbocycles. The van der Waals surface area contributed by atoms with Crippen molar-refractivity contribution in [3.05, 3.63) is 0 Å². The number of rotatable bonds is 5. The molecule has 20 heavy (non-hydrogen) atoms. The summed E-state index contributed by atoms with van der Waals surface area (Å²) in [6, 6.07) is 0.712. The van der Waals surface area contributed by atoms with Crippen LogP contribution in [0.2, 0.25) is 0 Å². The zero-order valence-electron chi connectivity index (χ0n) is 14.3. The molecule has 1 aliphatic heterocycles. The van der Waals surface area contributed by atoms with Gasteiger partial charge < -0.3 is 5.32 Å². The molecular weight excluding hydrogens is 244 g/mol. The predicted octanol–water partition coefficient (Wildman–Crippen LogP) is 4.06. The molecule has 1 aliphatic carbocycles. The molecule has 2 heteroatoms. The van der Waals surface area contributed by atoms with Crippen LogP contribution >= 0.6 is 0 Å². The maximum Gasteiger partial charge on any atom is 0.0304 e. The summed E-state index contributed by atoms with van der Waals surface area (Å²) in [7, 11) is 0. The Hall–Kier alpha value is -0.0800. The lowest BCUT2D eigenvalue weighted by Crippen LogP contribution is -2.63. The van der Waals surface area contributed by atoms with Crippen LogP contribution in [0.1, 0.15) is 72.6 Å². The van der Waals surface area contributed by atoms with E-state index in [1.54, 1.807) is 0 Å². The van der Waals surface area contributed by atoms with Crippen molar-refractivity contribution in [1.29, 1.82) is 0 Å². The third kappa shape index (κ3) is 3.98. The Labute approximate surface area is 126 Å². The minimum absolute atomic E-state index is 0.383. The van der Waals surface area contributed by atoms with E-state index < -0.39 is 0 Å². The highest BCUT2D eigenvalue weighted by Crippen LogP contribution is 2.31. The average molecular weight is 280 g/mol. The van der Waals surface area contributed by atoms with E-state index in [-0.39, 0.29) is 0 Å². The van der Waals surface area contributed by atoms with Gasteiger partial charge in [0.2, 0.25) is 0 Å². The van der Waals surface area contributed by atoms with Gasteiger partial charge in [-0.1, -0.05) is 46.5 Å². The largest absolute Gasteiger partial charge is 0.308 e. The molecule has 1 heterocycles. The van der Waals surface area contributed by atoms with Crippen molar-refractivity contribution in [3.63, 3.8) is 0 Å². The Morgan fingerprint density at radius 2 is 1.70 bits per heavy atom. The van der Waals surface area contributed by atoms with E-state index in [0.29, 0.717) is 11.6 Å². The standard InChI is InChI=1S/C18H36N2/c1-5-18(6-2)14-20(16(4)13-19-18)12-11-17-9-7-15(3)8-10-17/h15-17,19H,5-14H2,1-4H3. The van der Waals surface area contributed by atoms with E-state index in [2.05, 4.69) is 37.9 Å². The molecule has 1 atom stereocenters. The summed E-state index contributed by atoms with van der Waals surface area (Å²) >= 11 is 0.